The van der Waals surface area contributed by atoms with Gasteiger partial charge in [0, 0.05) is 22.0 Å². The van der Waals surface area contributed by atoms with Gasteiger partial charge in [0.25, 0.3) is 0 Å². The van der Waals surface area contributed by atoms with E-state index < -0.39 is 6.10 Å². The summed E-state index contributed by atoms with van der Waals surface area (Å²) >= 11 is 4.72. The van der Waals surface area contributed by atoms with Crippen LogP contribution < -0.4 is 0 Å². The number of aromatic nitrogens is 1. The summed E-state index contributed by atoms with van der Waals surface area (Å²) in [5, 5.41) is 12.6. The number of rotatable bonds is 3. The van der Waals surface area contributed by atoms with Crippen molar-refractivity contribution in [2.24, 2.45) is 0 Å². The van der Waals surface area contributed by atoms with Crippen molar-refractivity contribution in [1.82, 2.24) is 4.98 Å². The SMILES string of the molecule is Cc1csc(C(O)Cc2ccc(F)cc2Br)n1. The molecule has 0 radical (unpaired) electrons. The molecule has 1 aromatic carbocycles. The minimum atomic E-state index is -0.643. The fourth-order valence-corrected chi connectivity index (χ4v) is 2.80. The van der Waals surface area contributed by atoms with Crippen molar-refractivity contribution in [2.75, 3.05) is 0 Å². The Balaban J connectivity index is 2.15. The molecule has 2 nitrogen and oxygen atoms in total. The van der Waals surface area contributed by atoms with E-state index in [0.29, 0.717) is 15.9 Å². The number of aryl methyl sites for hydroxylation is 1. The monoisotopic (exact) mass is 315 g/mol. The van der Waals surface area contributed by atoms with Crippen LogP contribution >= 0.6 is 27.3 Å². The molecule has 0 spiro atoms. The Morgan fingerprint density at radius 3 is 2.88 bits per heavy atom. The Labute approximate surface area is 111 Å². The van der Waals surface area contributed by atoms with Crippen molar-refractivity contribution in [3.8, 4) is 0 Å². The molecule has 1 atom stereocenters. The van der Waals surface area contributed by atoms with E-state index in [1.165, 1.54) is 23.5 Å². The summed E-state index contributed by atoms with van der Waals surface area (Å²) < 4.78 is 13.6. The summed E-state index contributed by atoms with van der Waals surface area (Å²) in [7, 11) is 0. The summed E-state index contributed by atoms with van der Waals surface area (Å²) in [5.74, 6) is -0.291. The fraction of sp³-hybridized carbons (Fsp3) is 0.250. The number of thiazole rings is 1. The number of benzene rings is 1. The van der Waals surface area contributed by atoms with E-state index in [-0.39, 0.29) is 5.82 Å². The first-order valence-corrected chi connectivity index (χ1v) is 6.77. The standard InChI is InChI=1S/C12H11BrFNOS/c1-7-6-17-12(15-7)11(16)4-8-2-3-9(14)5-10(8)13/h2-3,5-6,11,16H,4H2,1H3. The Hall–Kier alpha value is -0.780. The molecule has 0 bridgehead atoms. The van der Waals surface area contributed by atoms with E-state index in [9.17, 15) is 9.50 Å². The zero-order valence-corrected chi connectivity index (χ0v) is 11.6. The molecule has 1 aromatic heterocycles. The molecule has 0 saturated carbocycles. The highest BCUT2D eigenvalue weighted by atomic mass is 79.9. The maximum atomic E-state index is 12.9. The Kier molecular flexibility index (Phi) is 3.91. The number of nitrogens with zero attached hydrogens (tertiary/aromatic N) is 1. The number of hydrogen-bond acceptors (Lipinski definition) is 3. The van der Waals surface area contributed by atoms with Crippen LogP contribution in [0.15, 0.2) is 28.1 Å². The molecule has 1 unspecified atom stereocenters. The van der Waals surface area contributed by atoms with E-state index in [0.717, 1.165) is 11.3 Å². The van der Waals surface area contributed by atoms with Crippen LogP contribution in [0.3, 0.4) is 0 Å². The van der Waals surface area contributed by atoms with Crippen molar-refractivity contribution < 1.29 is 9.50 Å². The van der Waals surface area contributed by atoms with Crippen molar-refractivity contribution in [3.63, 3.8) is 0 Å². The molecule has 0 aliphatic carbocycles. The molecule has 1 N–H and O–H groups in total. The lowest BCUT2D eigenvalue weighted by atomic mass is 10.1. The largest absolute Gasteiger partial charge is 0.386 e. The van der Waals surface area contributed by atoms with Crippen LogP contribution in [0, 0.1) is 12.7 Å². The van der Waals surface area contributed by atoms with E-state index in [2.05, 4.69) is 20.9 Å². The van der Waals surface area contributed by atoms with Crippen LogP contribution in [0.5, 0.6) is 0 Å². The predicted molar refractivity (Wildman–Crippen MR) is 69.6 cm³/mol. The van der Waals surface area contributed by atoms with Crippen LogP contribution in [0.25, 0.3) is 0 Å². The zero-order chi connectivity index (χ0) is 12.4. The van der Waals surface area contributed by atoms with Crippen LogP contribution in [0.1, 0.15) is 22.4 Å². The Morgan fingerprint density at radius 1 is 1.53 bits per heavy atom. The fourth-order valence-electron chi connectivity index (χ4n) is 1.51. The van der Waals surface area contributed by atoms with E-state index >= 15 is 0 Å². The first kappa shape index (κ1) is 12.7. The molecule has 2 rings (SSSR count). The number of aliphatic hydroxyl groups is 1. The molecule has 0 aliphatic heterocycles. The minimum absolute atomic E-state index is 0.291. The summed E-state index contributed by atoms with van der Waals surface area (Å²) in [6.07, 6.45) is -0.219. The van der Waals surface area contributed by atoms with Gasteiger partial charge in [0.1, 0.15) is 16.9 Å². The lowest BCUT2D eigenvalue weighted by molar-refractivity contribution is 0.177. The second-order valence-electron chi connectivity index (χ2n) is 3.78. The van der Waals surface area contributed by atoms with Gasteiger partial charge in [-0.2, -0.15) is 0 Å². The van der Waals surface area contributed by atoms with Gasteiger partial charge in [-0.05, 0) is 24.6 Å². The molecule has 0 fully saturated rings. The van der Waals surface area contributed by atoms with Gasteiger partial charge in [0.15, 0.2) is 0 Å². The summed E-state index contributed by atoms with van der Waals surface area (Å²) in [4.78, 5) is 4.23. The van der Waals surface area contributed by atoms with Crippen LogP contribution in [0.2, 0.25) is 0 Å². The molecule has 0 saturated heterocycles. The average molecular weight is 316 g/mol. The lowest BCUT2D eigenvalue weighted by Crippen LogP contribution is -2.02. The molecule has 90 valence electrons. The van der Waals surface area contributed by atoms with Crippen LogP contribution in [-0.2, 0) is 6.42 Å². The van der Waals surface area contributed by atoms with Gasteiger partial charge < -0.3 is 5.11 Å². The lowest BCUT2D eigenvalue weighted by Gasteiger charge is -2.09. The minimum Gasteiger partial charge on any atom is -0.386 e. The van der Waals surface area contributed by atoms with Gasteiger partial charge >= 0.3 is 0 Å². The van der Waals surface area contributed by atoms with Crippen molar-refractivity contribution >= 4 is 27.3 Å². The summed E-state index contributed by atoms with van der Waals surface area (Å²) in [5.41, 5.74) is 1.77. The van der Waals surface area contributed by atoms with Gasteiger partial charge in [-0.15, -0.1) is 11.3 Å². The second-order valence-corrected chi connectivity index (χ2v) is 5.53. The quantitative estimate of drug-likeness (QED) is 0.938. The molecule has 1 heterocycles. The first-order chi connectivity index (χ1) is 8.06. The molecule has 2 aromatic rings. The molecule has 5 heteroatoms. The maximum absolute atomic E-state index is 12.9. The predicted octanol–water partition coefficient (Wildman–Crippen LogP) is 3.63. The highest BCUT2D eigenvalue weighted by Crippen LogP contribution is 2.26. The van der Waals surface area contributed by atoms with E-state index in [1.807, 2.05) is 12.3 Å². The topological polar surface area (TPSA) is 33.1 Å². The van der Waals surface area contributed by atoms with Gasteiger partial charge in [-0.1, -0.05) is 22.0 Å². The third-order valence-electron chi connectivity index (χ3n) is 2.35. The smallest absolute Gasteiger partial charge is 0.124 e. The van der Waals surface area contributed by atoms with Gasteiger partial charge in [0.2, 0.25) is 0 Å². The summed E-state index contributed by atoms with van der Waals surface area (Å²) in [6, 6.07) is 4.46. The van der Waals surface area contributed by atoms with Gasteiger partial charge in [-0.25, -0.2) is 9.37 Å². The Morgan fingerprint density at radius 2 is 2.29 bits per heavy atom. The number of hydrogen-bond donors (Lipinski definition) is 1. The maximum Gasteiger partial charge on any atom is 0.124 e. The van der Waals surface area contributed by atoms with Crippen molar-refractivity contribution in [3.05, 3.63) is 50.1 Å². The first-order valence-electron chi connectivity index (χ1n) is 5.10. The molecule has 0 aliphatic rings. The third-order valence-corrected chi connectivity index (χ3v) is 4.15. The van der Waals surface area contributed by atoms with Gasteiger partial charge in [0.05, 0.1) is 0 Å². The third kappa shape index (κ3) is 3.12. The molecule has 17 heavy (non-hydrogen) atoms. The van der Waals surface area contributed by atoms with Crippen LogP contribution in [-0.4, -0.2) is 10.1 Å². The number of halogens is 2. The normalized spacial score (nSPS) is 12.7. The van der Waals surface area contributed by atoms with E-state index in [4.69, 9.17) is 0 Å². The second kappa shape index (κ2) is 5.25. The summed E-state index contributed by atoms with van der Waals surface area (Å²) in [6.45, 7) is 1.89. The highest BCUT2D eigenvalue weighted by Gasteiger charge is 2.14. The Bertz CT molecular complexity index is 529. The van der Waals surface area contributed by atoms with E-state index in [1.54, 1.807) is 6.07 Å². The zero-order valence-electron chi connectivity index (χ0n) is 9.15. The van der Waals surface area contributed by atoms with Crippen molar-refractivity contribution in [1.29, 1.82) is 0 Å². The van der Waals surface area contributed by atoms with Gasteiger partial charge in [-0.3, -0.25) is 0 Å². The molecular formula is C12H11BrFNOS. The highest BCUT2D eigenvalue weighted by molar-refractivity contribution is 9.10. The van der Waals surface area contributed by atoms with Crippen LogP contribution in [0.4, 0.5) is 4.39 Å². The molecular weight excluding hydrogens is 305 g/mol. The average Bonchev–Trinajstić information content (AvgIpc) is 2.69. The van der Waals surface area contributed by atoms with Crippen molar-refractivity contribution in [2.45, 2.75) is 19.4 Å². The number of aliphatic hydroxyl groups excluding tert-OH is 1. The molecule has 0 amide bonds.